The number of allylic oxidation sites excluding steroid dienone is 2. The van der Waals surface area contributed by atoms with Crippen LogP contribution in [0.2, 0.25) is 0 Å². The number of fused-ring (bicyclic) bond motifs is 6. The van der Waals surface area contributed by atoms with Gasteiger partial charge in [-0.2, -0.15) is 0 Å². The third-order valence-electron chi connectivity index (χ3n) is 7.54. The van der Waals surface area contributed by atoms with E-state index in [0.29, 0.717) is 11.8 Å². The molecule has 4 aromatic carbocycles. The van der Waals surface area contributed by atoms with Crippen molar-refractivity contribution in [3.8, 4) is 0 Å². The van der Waals surface area contributed by atoms with E-state index in [9.17, 15) is 0 Å². The molecule has 0 saturated heterocycles. The van der Waals surface area contributed by atoms with Crippen LogP contribution in [0.15, 0.2) is 72.8 Å². The zero-order valence-corrected chi connectivity index (χ0v) is 17.9. The lowest BCUT2D eigenvalue weighted by molar-refractivity contribution is 0.617. The highest BCUT2D eigenvalue weighted by atomic mass is 14.4. The summed E-state index contributed by atoms with van der Waals surface area (Å²) < 4.78 is 0. The molecule has 0 N–H and O–H groups in total. The van der Waals surface area contributed by atoms with Crippen LogP contribution in [0.4, 0.5) is 0 Å². The summed E-state index contributed by atoms with van der Waals surface area (Å²) in [7, 11) is 0. The van der Waals surface area contributed by atoms with Crippen molar-refractivity contribution in [1.82, 2.24) is 0 Å². The summed E-state index contributed by atoms with van der Waals surface area (Å²) in [5.74, 6) is 1.18. The van der Waals surface area contributed by atoms with E-state index in [-0.39, 0.29) is 0 Å². The van der Waals surface area contributed by atoms with E-state index >= 15 is 0 Å². The number of rotatable bonds is 0. The predicted molar refractivity (Wildman–Crippen MR) is 130 cm³/mol. The van der Waals surface area contributed by atoms with Gasteiger partial charge in [0.05, 0.1) is 0 Å². The second kappa shape index (κ2) is 6.84. The molecule has 0 aromatic heterocycles. The summed E-state index contributed by atoms with van der Waals surface area (Å²) in [6.07, 6.45) is 4.87. The molecular weight excluding hydrogens is 360 g/mol. The molecule has 2 aliphatic rings. The molecule has 0 heterocycles. The molecule has 0 nitrogen and oxygen atoms in total. The fraction of sp³-hybridized carbons (Fsp3) is 0.267. The van der Waals surface area contributed by atoms with Crippen molar-refractivity contribution < 1.29 is 0 Å². The molecule has 2 aliphatic carbocycles. The predicted octanol–water partition coefficient (Wildman–Crippen LogP) is 8.07. The van der Waals surface area contributed by atoms with Gasteiger partial charge in [-0.05, 0) is 92.5 Å². The van der Waals surface area contributed by atoms with Crippen molar-refractivity contribution in [2.24, 2.45) is 11.8 Å². The lowest BCUT2D eigenvalue weighted by Crippen LogP contribution is -2.19. The summed E-state index contributed by atoms with van der Waals surface area (Å²) in [5.41, 5.74) is 9.39. The van der Waals surface area contributed by atoms with Crippen LogP contribution in [0.3, 0.4) is 0 Å². The smallest absolute Gasteiger partial charge is 0.0106 e. The molecule has 0 heteroatoms. The fourth-order valence-electron chi connectivity index (χ4n) is 6.01. The molecule has 30 heavy (non-hydrogen) atoms. The van der Waals surface area contributed by atoms with Crippen molar-refractivity contribution in [3.63, 3.8) is 0 Å². The Labute approximate surface area is 179 Å². The standard InChI is InChI=1S/C30H28/c1-19-11-13-23-17-15-21-7-3-5-9-25(21)29(23)27(19)28-20(2)12-14-24-18-16-22-8-4-6-10-26(22)30(24)28/h3-10,15-20H,11-14H2,1-2H3/b28-27-/t19-,20-/m0/s1. The largest absolute Gasteiger partial charge is 0.0616 e. The second-order valence-corrected chi connectivity index (χ2v) is 9.35. The topological polar surface area (TPSA) is 0 Å². The molecule has 0 aliphatic heterocycles. The van der Waals surface area contributed by atoms with Crippen molar-refractivity contribution in [1.29, 1.82) is 0 Å². The first-order valence-electron chi connectivity index (χ1n) is 11.5. The summed E-state index contributed by atoms with van der Waals surface area (Å²) >= 11 is 0. The Balaban J connectivity index is 1.77. The first-order valence-corrected chi connectivity index (χ1v) is 11.5. The normalized spacial score (nSPS) is 23.4. The minimum Gasteiger partial charge on any atom is -0.0616 e. The molecular formula is C30H28. The maximum atomic E-state index is 2.46. The number of benzene rings is 4. The van der Waals surface area contributed by atoms with Crippen LogP contribution in [-0.2, 0) is 12.8 Å². The van der Waals surface area contributed by atoms with Gasteiger partial charge < -0.3 is 0 Å². The highest BCUT2D eigenvalue weighted by molar-refractivity contribution is 6.08. The molecule has 2 atom stereocenters. The number of aryl methyl sites for hydroxylation is 2. The van der Waals surface area contributed by atoms with E-state index in [1.54, 1.807) is 11.1 Å². The van der Waals surface area contributed by atoms with E-state index in [2.05, 4.69) is 86.6 Å². The summed E-state index contributed by atoms with van der Waals surface area (Å²) in [6.45, 7) is 4.92. The molecule has 0 radical (unpaired) electrons. The Kier molecular flexibility index (Phi) is 4.09. The monoisotopic (exact) mass is 388 g/mol. The first-order chi connectivity index (χ1) is 14.7. The maximum Gasteiger partial charge on any atom is -0.0106 e. The minimum absolute atomic E-state index is 0.589. The molecule has 0 saturated carbocycles. The first kappa shape index (κ1) is 18.0. The van der Waals surface area contributed by atoms with Crippen molar-refractivity contribution in [3.05, 3.63) is 95.1 Å². The number of hydrogen-bond donors (Lipinski definition) is 0. The molecule has 0 fully saturated rings. The summed E-state index contributed by atoms with van der Waals surface area (Å²) in [6, 6.07) is 27.4. The van der Waals surface area contributed by atoms with Gasteiger partial charge in [0.1, 0.15) is 0 Å². The van der Waals surface area contributed by atoms with Crippen LogP contribution in [0, 0.1) is 11.8 Å². The third kappa shape index (κ3) is 2.59. The van der Waals surface area contributed by atoms with Gasteiger partial charge in [0.2, 0.25) is 0 Å². The lowest BCUT2D eigenvalue weighted by atomic mass is 9.69. The molecule has 0 spiro atoms. The Morgan fingerprint density at radius 1 is 0.533 bits per heavy atom. The fourth-order valence-corrected chi connectivity index (χ4v) is 6.01. The van der Waals surface area contributed by atoms with Crippen molar-refractivity contribution in [2.45, 2.75) is 39.5 Å². The highest BCUT2D eigenvalue weighted by Crippen LogP contribution is 2.50. The van der Waals surface area contributed by atoms with Gasteiger partial charge in [-0.1, -0.05) is 86.6 Å². The average molecular weight is 389 g/mol. The molecule has 6 rings (SSSR count). The third-order valence-corrected chi connectivity index (χ3v) is 7.54. The van der Waals surface area contributed by atoms with Crippen LogP contribution in [-0.4, -0.2) is 0 Å². The van der Waals surface area contributed by atoms with Gasteiger partial charge in [0, 0.05) is 0 Å². The van der Waals surface area contributed by atoms with Crippen LogP contribution in [0.1, 0.15) is 48.9 Å². The zero-order chi connectivity index (χ0) is 20.2. The van der Waals surface area contributed by atoms with Crippen molar-refractivity contribution in [2.75, 3.05) is 0 Å². The number of hydrogen-bond acceptors (Lipinski definition) is 0. The van der Waals surface area contributed by atoms with E-state index in [4.69, 9.17) is 0 Å². The molecule has 0 unspecified atom stereocenters. The quantitative estimate of drug-likeness (QED) is 0.286. The molecule has 0 bridgehead atoms. The summed E-state index contributed by atoms with van der Waals surface area (Å²) in [5, 5.41) is 5.60. The van der Waals surface area contributed by atoms with Gasteiger partial charge >= 0.3 is 0 Å². The SMILES string of the molecule is C[C@H]1CCc2ccc3ccccc3c2/C1=C1\c2c(ccc3ccccc23)CC[C@@H]1C. The van der Waals surface area contributed by atoms with Gasteiger partial charge in [0.25, 0.3) is 0 Å². The van der Waals surface area contributed by atoms with Crippen LogP contribution >= 0.6 is 0 Å². The Hall–Kier alpha value is -2.86. The van der Waals surface area contributed by atoms with Gasteiger partial charge in [-0.3, -0.25) is 0 Å². The minimum atomic E-state index is 0.589. The van der Waals surface area contributed by atoms with Gasteiger partial charge in [0.15, 0.2) is 0 Å². The second-order valence-electron chi connectivity index (χ2n) is 9.35. The summed E-state index contributed by atoms with van der Waals surface area (Å²) in [4.78, 5) is 0. The van der Waals surface area contributed by atoms with Gasteiger partial charge in [-0.15, -0.1) is 0 Å². The Morgan fingerprint density at radius 3 is 1.43 bits per heavy atom. The molecule has 0 amide bonds. The van der Waals surface area contributed by atoms with Crippen LogP contribution < -0.4 is 0 Å². The van der Waals surface area contributed by atoms with Crippen LogP contribution in [0.5, 0.6) is 0 Å². The van der Waals surface area contributed by atoms with E-state index < -0.39 is 0 Å². The van der Waals surface area contributed by atoms with E-state index in [1.165, 1.54) is 69.5 Å². The lowest BCUT2D eigenvalue weighted by Gasteiger charge is -2.35. The van der Waals surface area contributed by atoms with E-state index in [0.717, 1.165) is 0 Å². The van der Waals surface area contributed by atoms with E-state index in [1.807, 2.05) is 0 Å². The Morgan fingerprint density at radius 2 is 0.967 bits per heavy atom. The average Bonchev–Trinajstić information content (AvgIpc) is 2.79. The maximum absolute atomic E-state index is 2.46. The molecule has 4 aromatic rings. The van der Waals surface area contributed by atoms with Crippen LogP contribution in [0.25, 0.3) is 32.7 Å². The van der Waals surface area contributed by atoms with Crippen molar-refractivity contribution >= 4 is 32.7 Å². The Bertz CT molecular complexity index is 1220. The highest BCUT2D eigenvalue weighted by Gasteiger charge is 2.31. The van der Waals surface area contributed by atoms with Gasteiger partial charge in [-0.25, -0.2) is 0 Å². The molecule has 148 valence electrons. The zero-order valence-electron chi connectivity index (χ0n) is 17.9.